The third-order valence-corrected chi connectivity index (χ3v) is 6.53. The lowest BCUT2D eigenvalue weighted by Crippen LogP contribution is -2.54. The zero-order valence-corrected chi connectivity index (χ0v) is 21.4. The van der Waals surface area contributed by atoms with Crippen molar-refractivity contribution >= 4 is 61.5 Å². The number of carbonyl (C=O) groups is 3. The minimum atomic E-state index is -0.784. The number of imide groups is 2. The summed E-state index contributed by atoms with van der Waals surface area (Å²) < 4.78 is 7.66. The normalized spacial score (nSPS) is 15.0. The van der Waals surface area contributed by atoms with Crippen LogP contribution in [0.5, 0.6) is 5.75 Å². The van der Waals surface area contributed by atoms with Crippen LogP contribution in [0, 0.1) is 0 Å². The number of hydrogen-bond acceptors (Lipinski definition) is 4. The highest BCUT2D eigenvalue weighted by Gasteiger charge is 2.36. The maximum atomic E-state index is 13.1. The lowest BCUT2D eigenvalue weighted by atomic mass is 10.0. The molecule has 0 unspecified atom stereocenters. The second kappa shape index (κ2) is 10.4. The summed E-state index contributed by atoms with van der Waals surface area (Å²) in [6, 6.07) is 19.4. The number of amides is 4. The largest absolute Gasteiger partial charge is 0.494 e. The average molecular weight is 584 g/mol. The molecule has 3 aromatic carbocycles. The Kier molecular flexibility index (Phi) is 7.29. The fourth-order valence-electron chi connectivity index (χ4n) is 3.59. The average Bonchev–Trinajstić information content (AvgIpc) is 2.81. The van der Waals surface area contributed by atoms with Crippen molar-refractivity contribution in [2.45, 2.75) is 13.3 Å². The minimum Gasteiger partial charge on any atom is -0.494 e. The van der Waals surface area contributed by atoms with Crippen molar-refractivity contribution in [3.63, 3.8) is 0 Å². The number of hydrogen-bond donors (Lipinski definition) is 1. The molecular weight excluding hydrogens is 564 g/mol. The van der Waals surface area contributed by atoms with Gasteiger partial charge >= 0.3 is 6.03 Å². The maximum absolute atomic E-state index is 13.1. The monoisotopic (exact) mass is 582 g/mol. The summed E-state index contributed by atoms with van der Waals surface area (Å²) in [6.07, 6.45) is 2.12. The van der Waals surface area contributed by atoms with E-state index in [0.29, 0.717) is 30.0 Å². The zero-order valence-electron chi connectivity index (χ0n) is 18.2. The van der Waals surface area contributed by atoms with Crippen molar-refractivity contribution in [3.8, 4) is 5.75 Å². The molecule has 8 heteroatoms. The molecule has 0 aliphatic carbocycles. The number of nitrogens with zero attached hydrogens (tertiary/aromatic N) is 1. The van der Waals surface area contributed by atoms with Crippen molar-refractivity contribution in [1.29, 1.82) is 0 Å². The minimum absolute atomic E-state index is 0.136. The molecule has 1 N–H and O–H groups in total. The topological polar surface area (TPSA) is 75.7 Å². The number of carbonyl (C=O) groups excluding carboxylic acids is 3. The van der Waals surface area contributed by atoms with E-state index in [1.165, 1.54) is 6.08 Å². The van der Waals surface area contributed by atoms with Gasteiger partial charge in [-0.15, -0.1) is 0 Å². The first-order chi connectivity index (χ1) is 16.4. The van der Waals surface area contributed by atoms with E-state index >= 15 is 0 Å². The molecule has 34 heavy (non-hydrogen) atoms. The SMILES string of the molecule is CCOc1cc(/C=C2\C(=O)NC(=O)N(c3ccc(Br)cc3)C2=O)ccc1Cc1ccccc1Br. The number of ether oxygens (including phenoxy) is 1. The van der Waals surface area contributed by atoms with Gasteiger partial charge < -0.3 is 4.74 Å². The number of urea groups is 1. The van der Waals surface area contributed by atoms with Crippen molar-refractivity contribution in [2.75, 3.05) is 11.5 Å². The van der Waals surface area contributed by atoms with Gasteiger partial charge in [-0.1, -0.05) is 62.2 Å². The molecule has 0 radical (unpaired) electrons. The maximum Gasteiger partial charge on any atom is 0.335 e. The van der Waals surface area contributed by atoms with Gasteiger partial charge in [-0.3, -0.25) is 14.9 Å². The Balaban J connectivity index is 1.67. The van der Waals surface area contributed by atoms with E-state index in [1.54, 1.807) is 30.3 Å². The van der Waals surface area contributed by atoms with Gasteiger partial charge in [0.1, 0.15) is 11.3 Å². The molecule has 4 amide bonds. The number of anilines is 1. The van der Waals surface area contributed by atoms with Crippen LogP contribution in [0.3, 0.4) is 0 Å². The van der Waals surface area contributed by atoms with E-state index in [-0.39, 0.29) is 5.57 Å². The highest BCUT2D eigenvalue weighted by atomic mass is 79.9. The van der Waals surface area contributed by atoms with Crippen LogP contribution >= 0.6 is 31.9 Å². The van der Waals surface area contributed by atoms with Crippen molar-refractivity contribution in [3.05, 3.63) is 97.9 Å². The van der Waals surface area contributed by atoms with Gasteiger partial charge in [0.2, 0.25) is 0 Å². The standard InChI is InChI=1S/C26H20Br2N2O4/c1-2-34-23-14-16(7-8-18(23)15-17-5-3-4-6-22(17)28)13-21-24(31)29-26(33)30(25(21)32)20-11-9-19(27)10-12-20/h3-14H,2,15H2,1H3,(H,29,31,33)/b21-13+. The third-order valence-electron chi connectivity index (χ3n) is 5.23. The van der Waals surface area contributed by atoms with E-state index in [2.05, 4.69) is 37.2 Å². The molecule has 1 saturated heterocycles. The molecule has 172 valence electrons. The molecule has 0 atom stereocenters. The molecule has 3 aromatic rings. The van der Waals surface area contributed by atoms with Crippen LogP contribution in [-0.2, 0) is 16.0 Å². The van der Waals surface area contributed by atoms with E-state index in [0.717, 1.165) is 25.0 Å². The molecule has 1 aliphatic rings. The Hall–Kier alpha value is -3.23. The Morgan fingerprint density at radius 3 is 2.38 bits per heavy atom. The van der Waals surface area contributed by atoms with Crippen LogP contribution in [-0.4, -0.2) is 24.5 Å². The van der Waals surface area contributed by atoms with Crippen molar-refractivity contribution in [2.24, 2.45) is 0 Å². The quantitative estimate of drug-likeness (QED) is 0.291. The summed E-state index contributed by atoms with van der Waals surface area (Å²) in [5.41, 5.74) is 2.93. The van der Waals surface area contributed by atoms with Gasteiger partial charge in [-0.25, -0.2) is 9.69 Å². The van der Waals surface area contributed by atoms with Gasteiger partial charge in [0.25, 0.3) is 11.8 Å². The van der Waals surface area contributed by atoms with Crippen LogP contribution < -0.4 is 15.0 Å². The molecule has 1 heterocycles. The molecule has 1 fully saturated rings. The van der Waals surface area contributed by atoms with E-state index in [1.807, 2.05) is 43.3 Å². The molecule has 4 rings (SSSR count). The first kappa shape index (κ1) is 23.9. The molecule has 0 spiro atoms. The smallest absolute Gasteiger partial charge is 0.335 e. The summed E-state index contributed by atoms with van der Waals surface area (Å²) in [5, 5.41) is 2.24. The van der Waals surface area contributed by atoms with Gasteiger partial charge in [0, 0.05) is 15.4 Å². The predicted octanol–water partition coefficient (Wildman–Crippen LogP) is 5.87. The lowest BCUT2D eigenvalue weighted by molar-refractivity contribution is -0.122. The van der Waals surface area contributed by atoms with Crippen LogP contribution in [0.25, 0.3) is 6.08 Å². The Labute approximate surface area is 213 Å². The summed E-state index contributed by atoms with van der Waals surface area (Å²) in [7, 11) is 0. The number of benzene rings is 3. The summed E-state index contributed by atoms with van der Waals surface area (Å²) >= 11 is 6.91. The van der Waals surface area contributed by atoms with Gasteiger partial charge in [0.05, 0.1) is 12.3 Å². The number of nitrogens with one attached hydrogen (secondary N) is 1. The van der Waals surface area contributed by atoms with E-state index in [4.69, 9.17) is 4.74 Å². The second-order valence-corrected chi connectivity index (χ2v) is 9.27. The van der Waals surface area contributed by atoms with Crippen LogP contribution in [0.1, 0.15) is 23.6 Å². The summed E-state index contributed by atoms with van der Waals surface area (Å²) in [6.45, 7) is 2.36. The van der Waals surface area contributed by atoms with Crippen LogP contribution in [0.4, 0.5) is 10.5 Å². The van der Waals surface area contributed by atoms with Crippen molar-refractivity contribution < 1.29 is 19.1 Å². The molecule has 6 nitrogen and oxygen atoms in total. The highest BCUT2D eigenvalue weighted by Crippen LogP contribution is 2.29. The third kappa shape index (κ3) is 5.13. The first-order valence-corrected chi connectivity index (χ1v) is 12.1. The lowest BCUT2D eigenvalue weighted by Gasteiger charge is -2.26. The fourth-order valence-corrected chi connectivity index (χ4v) is 4.28. The van der Waals surface area contributed by atoms with Crippen molar-refractivity contribution in [1.82, 2.24) is 5.32 Å². The van der Waals surface area contributed by atoms with Gasteiger partial charge in [0.15, 0.2) is 0 Å². The predicted molar refractivity (Wildman–Crippen MR) is 138 cm³/mol. The second-order valence-electron chi connectivity index (χ2n) is 7.50. The number of barbiturate groups is 1. The van der Waals surface area contributed by atoms with Gasteiger partial charge in [-0.05, 0) is 66.1 Å². The summed E-state index contributed by atoms with van der Waals surface area (Å²) in [5.74, 6) is -0.762. The molecule has 0 aromatic heterocycles. The van der Waals surface area contributed by atoms with E-state index in [9.17, 15) is 14.4 Å². The Bertz CT molecular complexity index is 1300. The Morgan fingerprint density at radius 2 is 1.68 bits per heavy atom. The molecule has 1 aliphatic heterocycles. The summed E-state index contributed by atoms with van der Waals surface area (Å²) in [4.78, 5) is 39.0. The molecular formula is C26H20Br2N2O4. The molecule has 0 saturated carbocycles. The van der Waals surface area contributed by atoms with Crippen LogP contribution in [0.2, 0.25) is 0 Å². The zero-order chi connectivity index (χ0) is 24.2. The number of halogens is 2. The highest BCUT2D eigenvalue weighted by molar-refractivity contribution is 9.10. The number of rotatable bonds is 6. The fraction of sp³-hybridized carbons (Fsp3) is 0.115. The Morgan fingerprint density at radius 1 is 0.941 bits per heavy atom. The first-order valence-electron chi connectivity index (χ1n) is 10.5. The van der Waals surface area contributed by atoms with Gasteiger partial charge in [-0.2, -0.15) is 0 Å². The molecule has 0 bridgehead atoms. The van der Waals surface area contributed by atoms with Crippen LogP contribution in [0.15, 0.2) is 81.2 Å². The van der Waals surface area contributed by atoms with E-state index < -0.39 is 17.8 Å².